The number of hydrogen-bond acceptors (Lipinski definition) is 9. The molecular formula is C39H62N6O6S. The van der Waals surface area contributed by atoms with Crippen molar-refractivity contribution in [1.82, 2.24) is 30.7 Å². The number of aliphatic hydroxyl groups excluding tert-OH is 1. The van der Waals surface area contributed by atoms with E-state index in [-0.39, 0.29) is 49.6 Å². The summed E-state index contributed by atoms with van der Waals surface area (Å²) in [4.78, 5) is 61.4. The van der Waals surface area contributed by atoms with Crippen LogP contribution in [0.3, 0.4) is 0 Å². The van der Waals surface area contributed by atoms with Crippen LogP contribution in [0.15, 0.2) is 35.7 Å². The van der Waals surface area contributed by atoms with Crippen LogP contribution in [0, 0.1) is 5.92 Å². The lowest BCUT2D eigenvalue weighted by molar-refractivity contribution is -0.131. The molecule has 52 heavy (non-hydrogen) atoms. The highest BCUT2D eigenvalue weighted by atomic mass is 32.1. The molecule has 1 saturated heterocycles. The van der Waals surface area contributed by atoms with Crippen molar-refractivity contribution in [3.63, 3.8) is 0 Å². The van der Waals surface area contributed by atoms with Gasteiger partial charge in [0.15, 0.2) is 0 Å². The zero-order valence-electron chi connectivity index (χ0n) is 32.8. The van der Waals surface area contributed by atoms with E-state index in [4.69, 9.17) is 4.74 Å². The van der Waals surface area contributed by atoms with Crippen LogP contribution in [0.2, 0.25) is 0 Å². The maximum Gasteiger partial charge on any atom is 0.410 e. The van der Waals surface area contributed by atoms with E-state index in [1.165, 1.54) is 0 Å². The topological polar surface area (TPSA) is 153 Å². The third-order valence-corrected chi connectivity index (χ3v) is 9.84. The molecule has 0 spiro atoms. The van der Waals surface area contributed by atoms with Crippen molar-refractivity contribution in [3.8, 4) is 0 Å². The second-order valence-corrected chi connectivity index (χ2v) is 17.5. The van der Waals surface area contributed by atoms with E-state index in [2.05, 4.69) is 34.8 Å². The van der Waals surface area contributed by atoms with E-state index in [0.29, 0.717) is 31.8 Å². The van der Waals surface area contributed by atoms with Crippen LogP contribution in [-0.4, -0.2) is 105 Å². The molecule has 4 atom stereocenters. The summed E-state index contributed by atoms with van der Waals surface area (Å²) in [6.07, 6.45) is -0.340. The molecule has 1 aromatic carbocycles. The second-order valence-electron chi connectivity index (χ2n) is 16.6. The lowest BCUT2D eigenvalue weighted by atomic mass is 9.97. The number of aromatic nitrogens is 1. The number of piperazine rings is 1. The molecule has 4 N–H and O–H groups in total. The molecule has 2 heterocycles. The molecular weight excluding hydrogens is 681 g/mol. The number of carbonyl (C=O) groups excluding carboxylic acids is 4. The Bertz CT molecular complexity index is 1470. The number of nitrogens with zero attached hydrogens (tertiary/aromatic N) is 3. The van der Waals surface area contributed by atoms with Gasteiger partial charge in [-0.15, -0.1) is 11.3 Å². The molecule has 1 aromatic heterocycles. The van der Waals surface area contributed by atoms with Crippen molar-refractivity contribution in [1.29, 1.82) is 0 Å². The molecule has 12 nitrogen and oxygen atoms in total. The quantitative estimate of drug-likeness (QED) is 0.206. The molecule has 1 aliphatic heterocycles. The number of ether oxygens (including phenoxy) is 1. The van der Waals surface area contributed by atoms with Crippen LogP contribution >= 0.6 is 11.3 Å². The van der Waals surface area contributed by atoms with Gasteiger partial charge in [0.25, 0.3) is 0 Å². The van der Waals surface area contributed by atoms with Crippen molar-refractivity contribution in [2.75, 3.05) is 26.2 Å². The zero-order chi connectivity index (χ0) is 38.8. The molecule has 0 saturated carbocycles. The van der Waals surface area contributed by atoms with Crippen LogP contribution in [0.5, 0.6) is 0 Å². The minimum absolute atomic E-state index is 0.111. The smallest absolute Gasteiger partial charge is 0.410 e. The highest BCUT2D eigenvalue weighted by Gasteiger charge is 2.37. The number of benzene rings is 1. The number of nitrogens with one attached hydrogen (secondary N) is 3. The van der Waals surface area contributed by atoms with Crippen molar-refractivity contribution >= 4 is 35.2 Å². The molecule has 0 bridgehead atoms. The first kappa shape index (κ1) is 42.9. The van der Waals surface area contributed by atoms with Crippen LogP contribution in [0.4, 0.5) is 4.79 Å². The van der Waals surface area contributed by atoms with E-state index in [1.807, 2.05) is 96.0 Å². The Kier molecular flexibility index (Phi) is 15.6. The molecule has 4 amide bonds. The van der Waals surface area contributed by atoms with Gasteiger partial charge in [0, 0.05) is 61.9 Å². The molecule has 13 heteroatoms. The number of thiazole rings is 1. The van der Waals surface area contributed by atoms with Crippen molar-refractivity contribution in [2.45, 2.75) is 136 Å². The van der Waals surface area contributed by atoms with E-state index >= 15 is 0 Å². The van der Waals surface area contributed by atoms with Crippen molar-refractivity contribution in [2.24, 2.45) is 5.92 Å². The Hall–Kier alpha value is -3.55. The monoisotopic (exact) mass is 742 g/mol. The van der Waals surface area contributed by atoms with Crippen LogP contribution in [0.1, 0.15) is 104 Å². The van der Waals surface area contributed by atoms with E-state index in [0.717, 1.165) is 16.3 Å². The Morgan fingerprint density at radius 3 is 2.23 bits per heavy atom. The van der Waals surface area contributed by atoms with Crippen LogP contribution < -0.4 is 16.0 Å². The number of carbonyl (C=O) groups is 4. The van der Waals surface area contributed by atoms with Gasteiger partial charge in [0.1, 0.15) is 11.6 Å². The number of amides is 4. The second kappa shape index (κ2) is 19.0. The Balaban J connectivity index is 1.77. The molecule has 2 aromatic rings. The van der Waals surface area contributed by atoms with Crippen molar-refractivity contribution in [3.05, 3.63) is 52.0 Å². The van der Waals surface area contributed by atoms with E-state index in [9.17, 15) is 24.3 Å². The minimum atomic E-state index is -1.03. The van der Waals surface area contributed by atoms with Gasteiger partial charge in [-0.05, 0) is 65.9 Å². The summed E-state index contributed by atoms with van der Waals surface area (Å²) in [6, 6.07) is 7.68. The summed E-state index contributed by atoms with van der Waals surface area (Å²) in [6.45, 7) is 20.2. The van der Waals surface area contributed by atoms with Gasteiger partial charge in [-0.1, -0.05) is 58.0 Å². The number of β-amino-alcohol motifs (C(OH)–C–C–N with tert-alkyl or cyclic N) is 1. The average molecular weight is 743 g/mol. The fourth-order valence-electron chi connectivity index (χ4n) is 6.02. The third kappa shape index (κ3) is 14.5. The fraction of sp³-hybridized carbons (Fsp3) is 0.667. The number of rotatable bonds is 15. The highest BCUT2D eigenvalue weighted by molar-refractivity contribution is 7.09. The first-order valence-corrected chi connectivity index (χ1v) is 19.4. The lowest BCUT2D eigenvalue weighted by Gasteiger charge is -2.43. The molecule has 0 radical (unpaired) electrons. The largest absolute Gasteiger partial charge is 0.444 e. The first-order valence-electron chi connectivity index (χ1n) is 18.5. The van der Waals surface area contributed by atoms with Gasteiger partial charge in [-0.25, -0.2) is 9.78 Å². The summed E-state index contributed by atoms with van der Waals surface area (Å²) >= 11 is 1.59. The maximum atomic E-state index is 13.9. The fourth-order valence-corrected chi connectivity index (χ4v) is 6.89. The Labute approximate surface area is 314 Å². The number of aliphatic hydroxyl groups is 1. The summed E-state index contributed by atoms with van der Waals surface area (Å²) in [7, 11) is 0. The third-order valence-electron chi connectivity index (χ3n) is 8.64. The van der Waals surface area contributed by atoms with Gasteiger partial charge in [0.05, 0.1) is 22.8 Å². The molecule has 1 aliphatic rings. The molecule has 0 aliphatic carbocycles. The molecule has 1 unspecified atom stereocenters. The summed E-state index contributed by atoms with van der Waals surface area (Å²) in [5.74, 6) is -0.677. The normalized spacial score (nSPS) is 17.4. The van der Waals surface area contributed by atoms with Gasteiger partial charge in [-0.3, -0.25) is 19.3 Å². The van der Waals surface area contributed by atoms with Crippen molar-refractivity contribution < 1.29 is 29.0 Å². The predicted octanol–water partition coefficient (Wildman–Crippen LogP) is 4.65. The summed E-state index contributed by atoms with van der Waals surface area (Å²) < 4.78 is 5.63. The Morgan fingerprint density at radius 2 is 1.65 bits per heavy atom. The lowest BCUT2D eigenvalue weighted by Crippen LogP contribution is -2.61. The van der Waals surface area contributed by atoms with Gasteiger partial charge >= 0.3 is 6.09 Å². The minimum Gasteiger partial charge on any atom is -0.444 e. The molecule has 1 fully saturated rings. The summed E-state index contributed by atoms with van der Waals surface area (Å²) in [5.41, 5.74) is 0.684. The summed E-state index contributed by atoms with van der Waals surface area (Å²) in [5, 5.41) is 23.8. The standard InChI is InChI=1S/C39H62N6O6S/c1-25(2)34(42-32(47)17-16-28-24-52-36(40-28)26(3)4)35(49)41-30(20-27-14-12-11-13-15-27)31(46)23-44-18-19-45(37(50)51-39(8,9)10)22-29(44)21-33(48)43-38(5,6)7/h11-15,24-26,29-31,34,46H,16-23H2,1-10H3,(H,41,49)(H,42,47)(H,43,48)/t29?,30-,31+,34-/m0/s1. The average Bonchev–Trinajstić information content (AvgIpc) is 3.51. The van der Waals surface area contributed by atoms with Gasteiger partial charge < -0.3 is 30.7 Å². The zero-order valence-corrected chi connectivity index (χ0v) is 33.6. The van der Waals surface area contributed by atoms with Crippen LogP contribution in [-0.2, 0) is 32.0 Å². The predicted molar refractivity (Wildman–Crippen MR) is 205 cm³/mol. The van der Waals surface area contributed by atoms with E-state index < -0.39 is 41.5 Å². The van der Waals surface area contributed by atoms with E-state index in [1.54, 1.807) is 16.2 Å². The number of hydrogen-bond donors (Lipinski definition) is 4. The molecule has 290 valence electrons. The van der Waals surface area contributed by atoms with Gasteiger partial charge in [0.2, 0.25) is 17.7 Å². The first-order chi connectivity index (χ1) is 24.2. The molecule has 3 rings (SSSR count). The SMILES string of the molecule is CC(C)c1nc(CCC(=O)N[C@H](C(=O)N[C@@H](Cc2ccccc2)[C@H](O)CN2CCN(C(=O)OC(C)(C)C)CC2CC(=O)NC(C)(C)C)C(C)C)cs1. The Morgan fingerprint density at radius 1 is 0.981 bits per heavy atom. The highest BCUT2D eigenvalue weighted by Crippen LogP contribution is 2.21. The van der Waals surface area contributed by atoms with Gasteiger partial charge in [-0.2, -0.15) is 0 Å². The van der Waals surface area contributed by atoms with Crippen LogP contribution in [0.25, 0.3) is 0 Å². The maximum absolute atomic E-state index is 13.9. The number of aryl methyl sites for hydroxylation is 1.